The maximum Gasteiger partial charge on any atom is 0.0800 e. The van der Waals surface area contributed by atoms with Crippen LogP contribution in [0.2, 0.25) is 5.02 Å². The molecule has 0 bridgehead atoms. The van der Waals surface area contributed by atoms with Crippen LogP contribution in [0.1, 0.15) is 38.2 Å². The van der Waals surface area contributed by atoms with Gasteiger partial charge in [-0.25, -0.2) is 0 Å². The first-order valence-electron chi connectivity index (χ1n) is 11.9. The van der Waals surface area contributed by atoms with Gasteiger partial charge in [-0.15, -0.1) is 0 Å². The van der Waals surface area contributed by atoms with Crippen molar-refractivity contribution in [2.75, 3.05) is 67.6 Å². The molecule has 3 aliphatic rings. The Balaban J connectivity index is 1.53. The zero-order valence-electron chi connectivity index (χ0n) is 19.0. The molecule has 2 aromatic rings. The van der Waals surface area contributed by atoms with Crippen LogP contribution in [0.25, 0.3) is 0 Å². The minimum absolute atomic E-state index is 0.492. The number of ether oxygens (including phenoxy) is 1. The van der Waals surface area contributed by atoms with E-state index >= 15 is 0 Å². The first-order valence-corrected chi connectivity index (χ1v) is 13.1. The number of hydrogen-bond donors (Lipinski definition) is 2. The summed E-state index contributed by atoms with van der Waals surface area (Å²) in [5.74, 6) is 0.492. The molecule has 32 heavy (non-hydrogen) atoms. The monoisotopic (exact) mass is 472 g/mol. The van der Waals surface area contributed by atoms with Crippen LogP contribution in [-0.4, -0.2) is 52.5 Å². The molecular formula is C25H33ClN4OS. The molecule has 5 rings (SSSR count). The van der Waals surface area contributed by atoms with E-state index in [1.54, 1.807) is 0 Å². The minimum Gasteiger partial charge on any atom is -0.378 e. The molecule has 7 heteroatoms. The Labute approximate surface area is 200 Å². The number of nitrogens with zero attached hydrogens (tertiary/aromatic N) is 2. The standard InChI is InChI=1S/C25H33ClN4OS/c1-3-17(2)19-15-18(29-9-4-7-27-8-10-29)16-22-24(19)28-20-5-6-21(23(26)25(20)32-22)30-11-13-31-14-12-30/h5-6,15-17,27-28H,3-4,7-14H2,1-2H3. The van der Waals surface area contributed by atoms with Gasteiger partial charge in [-0.3, -0.25) is 0 Å². The van der Waals surface area contributed by atoms with Crippen LogP contribution in [0.5, 0.6) is 0 Å². The van der Waals surface area contributed by atoms with Crippen LogP contribution in [0.3, 0.4) is 0 Å². The van der Waals surface area contributed by atoms with Crippen molar-refractivity contribution in [2.45, 2.75) is 42.4 Å². The lowest BCUT2D eigenvalue weighted by Gasteiger charge is -2.33. The lowest BCUT2D eigenvalue weighted by Crippen LogP contribution is -2.36. The third-order valence-corrected chi connectivity index (χ3v) is 8.53. The molecule has 2 saturated heterocycles. The SMILES string of the molecule is CCC(C)c1cc(N2CCCNCC2)cc2c1Nc1ccc(N3CCOCC3)c(Cl)c1S2. The van der Waals surface area contributed by atoms with E-state index in [1.165, 1.54) is 28.3 Å². The van der Waals surface area contributed by atoms with Gasteiger partial charge in [0.05, 0.1) is 40.2 Å². The maximum absolute atomic E-state index is 7.00. The Bertz CT molecular complexity index is 971. The Kier molecular flexibility index (Phi) is 6.74. The molecule has 0 amide bonds. The Morgan fingerprint density at radius 2 is 1.94 bits per heavy atom. The fourth-order valence-electron chi connectivity index (χ4n) is 4.77. The first-order chi connectivity index (χ1) is 15.7. The van der Waals surface area contributed by atoms with Crippen molar-refractivity contribution >= 4 is 46.1 Å². The van der Waals surface area contributed by atoms with Gasteiger partial charge in [0.15, 0.2) is 0 Å². The van der Waals surface area contributed by atoms with Crippen LogP contribution < -0.4 is 20.4 Å². The topological polar surface area (TPSA) is 39.8 Å². The third kappa shape index (κ3) is 4.30. The van der Waals surface area contributed by atoms with Crippen LogP contribution in [0.15, 0.2) is 34.1 Å². The quantitative estimate of drug-likeness (QED) is 0.507. The van der Waals surface area contributed by atoms with Crippen molar-refractivity contribution in [3.63, 3.8) is 0 Å². The molecule has 0 saturated carbocycles. The van der Waals surface area contributed by atoms with Crippen LogP contribution >= 0.6 is 23.4 Å². The summed E-state index contributed by atoms with van der Waals surface area (Å²) in [5.41, 5.74) is 6.22. The van der Waals surface area contributed by atoms with Crippen LogP contribution in [0.4, 0.5) is 22.7 Å². The molecule has 2 aromatic carbocycles. The summed E-state index contributed by atoms with van der Waals surface area (Å²) < 4.78 is 5.53. The highest BCUT2D eigenvalue weighted by Crippen LogP contribution is 2.53. The first kappa shape index (κ1) is 22.2. The smallest absolute Gasteiger partial charge is 0.0800 e. The molecule has 3 aliphatic heterocycles. The van der Waals surface area contributed by atoms with E-state index in [0.717, 1.165) is 80.2 Å². The molecule has 0 radical (unpaired) electrons. The Hall–Kier alpha value is -1.60. The zero-order valence-corrected chi connectivity index (χ0v) is 20.6. The summed E-state index contributed by atoms with van der Waals surface area (Å²) >= 11 is 8.82. The molecule has 0 spiro atoms. The fraction of sp³-hybridized carbons (Fsp3) is 0.520. The number of nitrogens with one attached hydrogen (secondary N) is 2. The van der Waals surface area contributed by atoms with Crippen molar-refractivity contribution in [1.29, 1.82) is 0 Å². The van der Waals surface area contributed by atoms with Crippen molar-refractivity contribution in [2.24, 2.45) is 0 Å². The molecule has 2 fully saturated rings. The van der Waals surface area contributed by atoms with Gasteiger partial charge in [-0.2, -0.15) is 0 Å². The second kappa shape index (κ2) is 9.72. The molecule has 3 heterocycles. The number of halogens is 1. The van der Waals surface area contributed by atoms with E-state index < -0.39 is 0 Å². The molecule has 172 valence electrons. The summed E-state index contributed by atoms with van der Waals surface area (Å²) in [6, 6.07) is 9.13. The van der Waals surface area contributed by atoms with Gasteiger partial charge in [-0.05, 0) is 55.1 Å². The van der Waals surface area contributed by atoms with Gasteiger partial charge in [0.2, 0.25) is 0 Å². The molecule has 2 N–H and O–H groups in total. The molecule has 1 unspecified atom stereocenters. The van der Waals surface area contributed by atoms with E-state index in [9.17, 15) is 0 Å². The Morgan fingerprint density at radius 3 is 2.75 bits per heavy atom. The summed E-state index contributed by atoms with van der Waals surface area (Å²) in [4.78, 5) is 7.29. The number of rotatable bonds is 4. The Morgan fingerprint density at radius 1 is 1.09 bits per heavy atom. The molecular weight excluding hydrogens is 440 g/mol. The van der Waals surface area contributed by atoms with E-state index in [2.05, 4.69) is 58.5 Å². The number of benzene rings is 2. The van der Waals surface area contributed by atoms with E-state index in [4.69, 9.17) is 16.3 Å². The summed E-state index contributed by atoms with van der Waals surface area (Å²) in [7, 11) is 0. The highest BCUT2D eigenvalue weighted by atomic mass is 35.5. The largest absolute Gasteiger partial charge is 0.378 e. The summed E-state index contributed by atoms with van der Waals surface area (Å²) in [5, 5.41) is 8.13. The van der Waals surface area contributed by atoms with E-state index in [-0.39, 0.29) is 0 Å². The lowest BCUT2D eigenvalue weighted by atomic mass is 9.95. The van der Waals surface area contributed by atoms with Crippen LogP contribution in [-0.2, 0) is 4.74 Å². The highest BCUT2D eigenvalue weighted by Gasteiger charge is 2.27. The number of anilines is 4. The minimum atomic E-state index is 0.492. The van der Waals surface area contributed by atoms with Crippen molar-refractivity contribution < 1.29 is 4.74 Å². The van der Waals surface area contributed by atoms with Crippen molar-refractivity contribution in [3.8, 4) is 0 Å². The van der Waals surface area contributed by atoms with Gasteiger partial charge in [-0.1, -0.05) is 37.2 Å². The number of hydrogen-bond acceptors (Lipinski definition) is 6. The predicted molar refractivity (Wildman–Crippen MR) is 137 cm³/mol. The highest BCUT2D eigenvalue weighted by molar-refractivity contribution is 8.00. The van der Waals surface area contributed by atoms with Crippen molar-refractivity contribution in [3.05, 3.63) is 34.9 Å². The van der Waals surface area contributed by atoms with Gasteiger partial charge in [0.1, 0.15) is 0 Å². The van der Waals surface area contributed by atoms with Gasteiger partial charge >= 0.3 is 0 Å². The molecule has 5 nitrogen and oxygen atoms in total. The third-order valence-electron chi connectivity index (χ3n) is 6.87. The van der Waals surface area contributed by atoms with Crippen LogP contribution in [0, 0.1) is 0 Å². The second-order valence-electron chi connectivity index (χ2n) is 8.91. The van der Waals surface area contributed by atoms with Gasteiger partial charge in [0, 0.05) is 43.3 Å². The summed E-state index contributed by atoms with van der Waals surface area (Å²) in [6.45, 7) is 12.2. The zero-order chi connectivity index (χ0) is 22.1. The molecule has 0 aromatic heterocycles. The number of morpholine rings is 1. The summed E-state index contributed by atoms with van der Waals surface area (Å²) in [6.07, 6.45) is 2.30. The van der Waals surface area contributed by atoms with E-state index in [1.807, 2.05) is 11.8 Å². The van der Waals surface area contributed by atoms with Gasteiger partial charge < -0.3 is 25.2 Å². The molecule has 1 atom stereocenters. The molecule has 0 aliphatic carbocycles. The average Bonchev–Trinajstić information content (AvgIpc) is 3.12. The normalized spacial score (nSPS) is 19.6. The lowest BCUT2D eigenvalue weighted by molar-refractivity contribution is 0.122. The van der Waals surface area contributed by atoms with E-state index in [0.29, 0.717) is 5.92 Å². The van der Waals surface area contributed by atoms with Crippen molar-refractivity contribution in [1.82, 2.24) is 5.32 Å². The maximum atomic E-state index is 7.00. The average molecular weight is 473 g/mol. The van der Waals surface area contributed by atoms with Gasteiger partial charge in [0.25, 0.3) is 0 Å². The second-order valence-corrected chi connectivity index (χ2v) is 10.3. The fourth-order valence-corrected chi connectivity index (χ4v) is 6.26. The number of fused-ring (bicyclic) bond motifs is 2. The predicted octanol–water partition coefficient (Wildman–Crippen LogP) is 5.70.